The van der Waals surface area contributed by atoms with Crippen molar-refractivity contribution in [1.82, 2.24) is 10.0 Å². The van der Waals surface area contributed by atoms with E-state index in [9.17, 15) is 12.8 Å². The van der Waals surface area contributed by atoms with Gasteiger partial charge in [0.2, 0.25) is 10.0 Å². The third kappa shape index (κ3) is 3.45. The van der Waals surface area contributed by atoms with Crippen LogP contribution in [0.15, 0.2) is 17.0 Å². The SMILES string of the molecule is Cc1cc(S(=O)(=O)NCC2CCCN2)c(Cl)cc1F. The Hall–Kier alpha value is -0.690. The minimum absolute atomic E-state index is 0.0777. The average Bonchev–Trinajstić information content (AvgIpc) is 2.84. The highest BCUT2D eigenvalue weighted by Crippen LogP contribution is 2.24. The summed E-state index contributed by atoms with van der Waals surface area (Å²) in [6.45, 7) is 2.72. The molecular weight excluding hydrogens is 291 g/mol. The Balaban J connectivity index is 2.16. The van der Waals surface area contributed by atoms with Gasteiger partial charge in [-0.2, -0.15) is 0 Å². The minimum Gasteiger partial charge on any atom is -0.313 e. The number of hydrogen-bond acceptors (Lipinski definition) is 3. The lowest BCUT2D eigenvalue weighted by atomic mass is 10.2. The Kier molecular flexibility index (Phi) is 4.45. The molecule has 7 heteroatoms. The molecule has 1 fully saturated rings. The molecule has 1 aromatic carbocycles. The van der Waals surface area contributed by atoms with Crippen LogP contribution in [-0.2, 0) is 10.0 Å². The summed E-state index contributed by atoms with van der Waals surface area (Å²) in [5.41, 5.74) is 0.253. The van der Waals surface area contributed by atoms with E-state index in [2.05, 4.69) is 10.0 Å². The van der Waals surface area contributed by atoms with Gasteiger partial charge in [-0.25, -0.2) is 17.5 Å². The molecule has 0 spiro atoms. The molecule has 1 aliphatic rings. The summed E-state index contributed by atoms with van der Waals surface area (Å²) in [5, 5.41) is 3.09. The largest absolute Gasteiger partial charge is 0.313 e. The van der Waals surface area contributed by atoms with Crippen molar-refractivity contribution in [3.63, 3.8) is 0 Å². The quantitative estimate of drug-likeness (QED) is 0.892. The fourth-order valence-corrected chi connectivity index (χ4v) is 3.73. The lowest BCUT2D eigenvalue weighted by Crippen LogP contribution is -2.37. The second kappa shape index (κ2) is 5.75. The fourth-order valence-electron chi connectivity index (χ4n) is 2.06. The summed E-state index contributed by atoms with van der Waals surface area (Å²) in [7, 11) is -3.71. The number of rotatable bonds is 4. The van der Waals surface area contributed by atoms with Crippen LogP contribution in [0.2, 0.25) is 5.02 Å². The molecule has 1 aromatic rings. The van der Waals surface area contributed by atoms with Gasteiger partial charge in [-0.15, -0.1) is 0 Å². The van der Waals surface area contributed by atoms with Gasteiger partial charge in [-0.05, 0) is 44.0 Å². The standard InChI is InChI=1S/C12H16ClFN2O2S/c1-8-5-12(10(13)6-11(8)14)19(17,18)16-7-9-3-2-4-15-9/h5-6,9,15-16H,2-4,7H2,1H3. The smallest absolute Gasteiger partial charge is 0.242 e. The summed E-state index contributed by atoms with van der Waals surface area (Å²) < 4.78 is 40.0. The van der Waals surface area contributed by atoms with E-state index in [1.807, 2.05) is 0 Å². The van der Waals surface area contributed by atoms with Crippen molar-refractivity contribution >= 4 is 21.6 Å². The number of halogens is 2. The van der Waals surface area contributed by atoms with E-state index in [1.165, 1.54) is 13.0 Å². The number of hydrogen-bond donors (Lipinski definition) is 2. The average molecular weight is 307 g/mol. The Labute approximate surface area is 117 Å². The molecule has 1 heterocycles. The summed E-state index contributed by atoms with van der Waals surface area (Å²) in [5.74, 6) is -0.513. The van der Waals surface area contributed by atoms with Crippen LogP contribution in [0, 0.1) is 12.7 Å². The van der Waals surface area contributed by atoms with E-state index in [-0.39, 0.29) is 21.5 Å². The molecule has 0 aliphatic carbocycles. The Morgan fingerprint density at radius 3 is 2.89 bits per heavy atom. The van der Waals surface area contributed by atoms with Crippen LogP contribution < -0.4 is 10.0 Å². The molecule has 2 N–H and O–H groups in total. The van der Waals surface area contributed by atoms with E-state index in [4.69, 9.17) is 11.6 Å². The Bertz CT molecular complexity index is 571. The van der Waals surface area contributed by atoms with Gasteiger partial charge in [-0.3, -0.25) is 0 Å². The predicted molar refractivity (Wildman–Crippen MR) is 72.4 cm³/mol. The summed E-state index contributed by atoms with van der Waals surface area (Å²) in [6.07, 6.45) is 1.99. The monoisotopic (exact) mass is 306 g/mol. The van der Waals surface area contributed by atoms with Crippen molar-refractivity contribution in [3.05, 3.63) is 28.5 Å². The fraction of sp³-hybridized carbons (Fsp3) is 0.500. The number of sulfonamides is 1. The molecule has 106 valence electrons. The highest BCUT2D eigenvalue weighted by atomic mass is 35.5. The number of aryl methyl sites for hydroxylation is 1. The molecule has 1 unspecified atom stereocenters. The molecule has 0 saturated carbocycles. The second-order valence-corrected chi connectivity index (χ2v) is 6.82. The first-order valence-electron chi connectivity index (χ1n) is 6.09. The molecule has 1 saturated heterocycles. The first kappa shape index (κ1) is 14.7. The summed E-state index contributed by atoms with van der Waals surface area (Å²) in [6, 6.07) is 2.43. The van der Waals surface area contributed by atoms with Crippen molar-refractivity contribution < 1.29 is 12.8 Å². The van der Waals surface area contributed by atoms with E-state index in [0.29, 0.717) is 6.54 Å². The molecular formula is C12H16ClFN2O2S. The van der Waals surface area contributed by atoms with Crippen molar-refractivity contribution in [2.75, 3.05) is 13.1 Å². The molecule has 1 aliphatic heterocycles. The maximum Gasteiger partial charge on any atom is 0.242 e. The normalized spacial score (nSPS) is 19.8. The van der Waals surface area contributed by atoms with E-state index in [0.717, 1.165) is 25.5 Å². The van der Waals surface area contributed by atoms with Crippen molar-refractivity contribution in [2.24, 2.45) is 0 Å². The molecule has 0 aromatic heterocycles. The van der Waals surface area contributed by atoms with Crippen LogP contribution >= 0.6 is 11.6 Å². The molecule has 1 atom stereocenters. The highest BCUT2D eigenvalue weighted by molar-refractivity contribution is 7.89. The van der Waals surface area contributed by atoms with Crippen LogP contribution in [0.3, 0.4) is 0 Å². The summed E-state index contributed by atoms with van der Waals surface area (Å²) in [4.78, 5) is -0.0777. The van der Waals surface area contributed by atoms with Crippen LogP contribution in [0.25, 0.3) is 0 Å². The number of benzene rings is 1. The van der Waals surface area contributed by atoms with Gasteiger partial charge >= 0.3 is 0 Å². The second-order valence-electron chi connectivity index (χ2n) is 4.68. The van der Waals surface area contributed by atoms with Crippen LogP contribution in [-0.4, -0.2) is 27.5 Å². The zero-order valence-electron chi connectivity index (χ0n) is 10.5. The summed E-state index contributed by atoms with van der Waals surface area (Å²) >= 11 is 5.81. The lowest BCUT2D eigenvalue weighted by Gasteiger charge is -2.13. The van der Waals surface area contributed by atoms with Crippen molar-refractivity contribution in [1.29, 1.82) is 0 Å². The maximum atomic E-state index is 13.3. The predicted octanol–water partition coefficient (Wildman–Crippen LogP) is 1.82. The van der Waals surface area contributed by atoms with Gasteiger partial charge in [-0.1, -0.05) is 11.6 Å². The molecule has 0 amide bonds. The van der Waals surface area contributed by atoms with Gasteiger partial charge in [0, 0.05) is 12.6 Å². The Morgan fingerprint density at radius 1 is 1.53 bits per heavy atom. The zero-order valence-corrected chi connectivity index (χ0v) is 12.1. The van der Waals surface area contributed by atoms with Crippen molar-refractivity contribution in [3.8, 4) is 0 Å². The van der Waals surface area contributed by atoms with Crippen molar-refractivity contribution in [2.45, 2.75) is 30.7 Å². The zero-order chi connectivity index (χ0) is 14.0. The topological polar surface area (TPSA) is 58.2 Å². The maximum absolute atomic E-state index is 13.3. The van der Waals surface area contributed by atoms with Crippen LogP contribution in [0.1, 0.15) is 18.4 Å². The molecule has 4 nitrogen and oxygen atoms in total. The Morgan fingerprint density at radius 2 is 2.26 bits per heavy atom. The van der Waals surface area contributed by atoms with Gasteiger partial charge in [0.25, 0.3) is 0 Å². The van der Waals surface area contributed by atoms with Gasteiger partial charge in [0.05, 0.1) is 5.02 Å². The van der Waals surface area contributed by atoms with E-state index < -0.39 is 15.8 Å². The third-order valence-electron chi connectivity index (χ3n) is 3.18. The van der Waals surface area contributed by atoms with Crippen LogP contribution in [0.5, 0.6) is 0 Å². The first-order valence-corrected chi connectivity index (χ1v) is 7.95. The van der Waals surface area contributed by atoms with Gasteiger partial charge in [0.15, 0.2) is 0 Å². The highest BCUT2D eigenvalue weighted by Gasteiger charge is 2.22. The lowest BCUT2D eigenvalue weighted by molar-refractivity contribution is 0.551. The van der Waals surface area contributed by atoms with E-state index in [1.54, 1.807) is 0 Å². The molecule has 2 rings (SSSR count). The molecule has 0 radical (unpaired) electrons. The van der Waals surface area contributed by atoms with Crippen LogP contribution in [0.4, 0.5) is 4.39 Å². The first-order chi connectivity index (χ1) is 8.90. The molecule has 19 heavy (non-hydrogen) atoms. The third-order valence-corrected chi connectivity index (χ3v) is 5.07. The van der Waals surface area contributed by atoms with Gasteiger partial charge in [0.1, 0.15) is 10.7 Å². The van der Waals surface area contributed by atoms with Gasteiger partial charge < -0.3 is 5.32 Å². The number of nitrogens with one attached hydrogen (secondary N) is 2. The minimum atomic E-state index is -3.71. The van der Waals surface area contributed by atoms with E-state index >= 15 is 0 Å². The molecule has 0 bridgehead atoms.